The van der Waals surface area contributed by atoms with E-state index in [1.54, 1.807) is 6.07 Å². The van der Waals surface area contributed by atoms with Crippen molar-refractivity contribution in [2.24, 2.45) is 0 Å². The fourth-order valence-electron chi connectivity index (χ4n) is 3.14. The Labute approximate surface area is 197 Å². The highest BCUT2D eigenvalue weighted by atomic mass is 19.3. The van der Waals surface area contributed by atoms with Gasteiger partial charge in [0, 0.05) is 11.1 Å². The van der Waals surface area contributed by atoms with Crippen LogP contribution in [0.3, 0.4) is 0 Å². The van der Waals surface area contributed by atoms with Gasteiger partial charge in [0.25, 0.3) is 17.5 Å². The Kier molecular flexibility index (Phi) is 7.09. The molecule has 9 nitrogen and oxygen atoms in total. The van der Waals surface area contributed by atoms with Crippen molar-refractivity contribution in [1.82, 2.24) is 19.5 Å². The number of alkyl halides is 6. The molecule has 0 saturated carbocycles. The van der Waals surface area contributed by atoms with Crippen LogP contribution < -0.4 is 21.6 Å². The summed E-state index contributed by atoms with van der Waals surface area (Å²) in [5.41, 5.74) is 0.212. The van der Waals surface area contributed by atoms with Gasteiger partial charge in [0.1, 0.15) is 17.4 Å². The zero-order chi connectivity index (χ0) is 26.9. The van der Waals surface area contributed by atoms with Crippen molar-refractivity contribution in [3.8, 4) is 17.6 Å². The molecular weight excluding hydrogens is 498 g/mol. The molecule has 3 rings (SSSR count). The second-order valence-corrected chi connectivity index (χ2v) is 7.50. The Hall–Kier alpha value is -4.35. The predicted octanol–water partition coefficient (Wildman–Crippen LogP) is 3.53. The number of nitrogens with one attached hydrogen (secondary N) is 1. The van der Waals surface area contributed by atoms with Crippen molar-refractivity contribution in [2.75, 3.05) is 5.73 Å². The quantitative estimate of drug-likeness (QED) is 0.460. The van der Waals surface area contributed by atoms with E-state index in [1.165, 1.54) is 13.8 Å². The van der Waals surface area contributed by atoms with Crippen LogP contribution in [0.15, 0.2) is 28.0 Å². The highest BCUT2D eigenvalue weighted by Crippen LogP contribution is 2.39. The lowest BCUT2D eigenvalue weighted by molar-refractivity contribution is -0.139. The first-order valence-electron chi connectivity index (χ1n) is 9.89. The minimum absolute atomic E-state index is 0.133. The first kappa shape index (κ1) is 26.3. The lowest BCUT2D eigenvalue weighted by atomic mass is 10.0. The number of rotatable bonds is 7. The number of hydrogen-bond donors (Lipinski definition) is 2. The van der Waals surface area contributed by atoms with Crippen molar-refractivity contribution in [3.05, 3.63) is 72.9 Å². The van der Waals surface area contributed by atoms with Crippen molar-refractivity contribution in [2.45, 2.75) is 39.2 Å². The van der Waals surface area contributed by atoms with E-state index in [0.717, 1.165) is 6.07 Å². The number of hydrogen-bond acceptors (Lipinski definition) is 7. The molecule has 0 spiro atoms. The SMILES string of the molecule is Cc1nc(N)c(Cn2cnc(C(F)(F)C(F)F)c(Oc3cc(C(F)F)cc(C#N)c3C)c2=O)c(=O)[nH]1. The molecule has 15 heteroatoms. The Morgan fingerprint density at radius 2 is 1.89 bits per heavy atom. The summed E-state index contributed by atoms with van der Waals surface area (Å²) in [5.74, 6) is -7.20. The lowest BCUT2D eigenvalue weighted by Gasteiger charge is -2.20. The molecule has 0 aliphatic rings. The van der Waals surface area contributed by atoms with Gasteiger partial charge in [0.2, 0.25) is 5.75 Å². The van der Waals surface area contributed by atoms with E-state index >= 15 is 0 Å². The summed E-state index contributed by atoms with van der Waals surface area (Å²) in [5, 5.41) is 9.21. The van der Waals surface area contributed by atoms with Crippen LogP contribution in [0.4, 0.5) is 32.2 Å². The number of aryl methyl sites for hydroxylation is 1. The third kappa shape index (κ3) is 4.88. The number of H-pyrrole nitrogens is 1. The summed E-state index contributed by atoms with van der Waals surface area (Å²) in [7, 11) is 0. The Balaban J connectivity index is 2.25. The van der Waals surface area contributed by atoms with Crippen molar-refractivity contribution >= 4 is 5.82 Å². The van der Waals surface area contributed by atoms with Crippen LogP contribution in [0.25, 0.3) is 0 Å². The second kappa shape index (κ2) is 9.72. The van der Waals surface area contributed by atoms with Crippen LogP contribution in [0, 0.1) is 25.2 Å². The van der Waals surface area contributed by atoms with Gasteiger partial charge in [-0.25, -0.2) is 27.5 Å². The van der Waals surface area contributed by atoms with E-state index < -0.39 is 59.2 Å². The molecule has 190 valence electrons. The minimum Gasteiger partial charge on any atom is -0.449 e. The molecule has 3 aromatic rings. The number of halogens is 6. The molecular formula is C21H16F6N6O3. The third-order valence-corrected chi connectivity index (χ3v) is 5.05. The van der Waals surface area contributed by atoms with Gasteiger partial charge in [-0.1, -0.05) is 0 Å². The van der Waals surface area contributed by atoms with E-state index in [1.807, 2.05) is 0 Å². The smallest absolute Gasteiger partial charge is 0.352 e. The summed E-state index contributed by atoms with van der Waals surface area (Å²) in [6.45, 7) is 1.96. The van der Waals surface area contributed by atoms with Gasteiger partial charge in [0.15, 0.2) is 5.69 Å². The molecule has 0 bridgehead atoms. The zero-order valence-electron chi connectivity index (χ0n) is 18.5. The summed E-state index contributed by atoms with van der Waals surface area (Å²) in [6.07, 6.45) is -6.95. The second-order valence-electron chi connectivity index (χ2n) is 7.50. The summed E-state index contributed by atoms with van der Waals surface area (Å²) in [6, 6.07) is 3.11. The largest absolute Gasteiger partial charge is 0.449 e. The molecule has 1 aromatic carbocycles. The van der Waals surface area contributed by atoms with E-state index in [4.69, 9.17) is 10.5 Å². The van der Waals surface area contributed by atoms with Crippen molar-refractivity contribution in [1.29, 1.82) is 5.26 Å². The molecule has 0 fully saturated rings. The summed E-state index contributed by atoms with van der Waals surface area (Å²) >= 11 is 0. The summed E-state index contributed by atoms with van der Waals surface area (Å²) in [4.78, 5) is 34.7. The van der Waals surface area contributed by atoms with Gasteiger partial charge in [-0.05, 0) is 26.0 Å². The summed E-state index contributed by atoms with van der Waals surface area (Å²) < 4.78 is 87.2. The number of nitrogens with two attached hydrogens (primary N) is 1. The average molecular weight is 514 g/mol. The highest BCUT2D eigenvalue weighted by molar-refractivity contribution is 5.51. The number of aromatic amines is 1. The van der Waals surface area contributed by atoms with Crippen LogP contribution >= 0.6 is 0 Å². The van der Waals surface area contributed by atoms with Crippen LogP contribution in [0.1, 0.15) is 40.2 Å². The van der Waals surface area contributed by atoms with Gasteiger partial charge < -0.3 is 15.5 Å². The topological polar surface area (TPSA) is 140 Å². The van der Waals surface area contributed by atoms with Crippen molar-refractivity contribution < 1.29 is 31.1 Å². The first-order chi connectivity index (χ1) is 16.8. The number of ether oxygens (including phenoxy) is 1. The number of nitriles is 1. The van der Waals surface area contributed by atoms with Crippen LogP contribution in [0.5, 0.6) is 11.5 Å². The fraction of sp³-hybridized carbons (Fsp3) is 0.286. The molecule has 0 radical (unpaired) electrons. The number of nitrogen functional groups attached to an aromatic ring is 1. The van der Waals surface area contributed by atoms with Gasteiger partial charge in [-0.2, -0.15) is 14.0 Å². The van der Waals surface area contributed by atoms with E-state index in [-0.39, 0.29) is 28.3 Å². The van der Waals surface area contributed by atoms with Gasteiger partial charge >= 0.3 is 12.3 Å². The molecule has 36 heavy (non-hydrogen) atoms. The predicted molar refractivity (Wildman–Crippen MR) is 112 cm³/mol. The normalized spacial score (nSPS) is 11.7. The van der Waals surface area contributed by atoms with Crippen LogP contribution in [0.2, 0.25) is 0 Å². The van der Waals surface area contributed by atoms with Gasteiger partial charge in [-0.3, -0.25) is 14.2 Å². The van der Waals surface area contributed by atoms with E-state index in [0.29, 0.717) is 17.0 Å². The van der Waals surface area contributed by atoms with Gasteiger partial charge in [-0.15, -0.1) is 0 Å². The monoisotopic (exact) mass is 514 g/mol. The lowest BCUT2D eigenvalue weighted by Crippen LogP contribution is -2.33. The van der Waals surface area contributed by atoms with E-state index in [9.17, 15) is 41.2 Å². The molecule has 0 saturated heterocycles. The molecule has 2 heterocycles. The molecule has 2 aromatic heterocycles. The Bertz CT molecular complexity index is 1480. The first-order valence-corrected chi connectivity index (χ1v) is 9.89. The van der Waals surface area contributed by atoms with Crippen LogP contribution in [-0.2, 0) is 12.5 Å². The highest BCUT2D eigenvalue weighted by Gasteiger charge is 2.48. The molecule has 0 atom stereocenters. The number of aromatic nitrogens is 4. The maximum Gasteiger partial charge on any atom is 0.352 e. The third-order valence-electron chi connectivity index (χ3n) is 5.05. The number of benzene rings is 1. The molecule has 3 N–H and O–H groups in total. The maximum atomic E-state index is 14.3. The standard InChI is InChI=1S/C21H16F6N6O3/c1-8-11(5-28)3-10(16(22)23)4-13(8)36-14-15(21(26,27)20(24)25)30-7-33(19(14)35)6-12-17(29)31-9(2)32-18(12)34/h3-4,7,16,20H,6H2,1-2H3,(H3,29,31,32,34). The average Bonchev–Trinajstić information content (AvgIpc) is 2.79. The molecule has 0 aliphatic heterocycles. The molecule has 0 aliphatic carbocycles. The minimum atomic E-state index is -4.98. The number of anilines is 1. The maximum absolute atomic E-state index is 14.3. The van der Waals surface area contributed by atoms with Gasteiger partial charge in [0.05, 0.1) is 30.1 Å². The zero-order valence-corrected chi connectivity index (χ0v) is 18.5. The van der Waals surface area contributed by atoms with E-state index in [2.05, 4.69) is 15.0 Å². The Morgan fingerprint density at radius 1 is 1.22 bits per heavy atom. The van der Waals surface area contributed by atoms with Crippen LogP contribution in [-0.4, -0.2) is 25.9 Å². The molecule has 0 unspecified atom stereocenters. The van der Waals surface area contributed by atoms with Crippen molar-refractivity contribution in [3.63, 3.8) is 0 Å². The Morgan fingerprint density at radius 3 is 2.44 bits per heavy atom. The molecule has 0 amide bonds. The number of nitrogens with zero attached hydrogens (tertiary/aromatic N) is 4. The fourth-order valence-corrected chi connectivity index (χ4v) is 3.14.